The molecule has 8 nitrogen and oxygen atoms in total. The van der Waals surface area contributed by atoms with Crippen molar-refractivity contribution in [3.8, 4) is 0 Å². The molecule has 1 aromatic heterocycles. The van der Waals surface area contributed by atoms with Crippen LogP contribution in [0.3, 0.4) is 0 Å². The second kappa shape index (κ2) is 9.02. The van der Waals surface area contributed by atoms with Crippen LogP contribution in [0.25, 0.3) is 0 Å². The van der Waals surface area contributed by atoms with Gasteiger partial charge in [0.1, 0.15) is 10.3 Å². The van der Waals surface area contributed by atoms with Crippen LogP contribution in [0.4, 0.5) is 11.4 Å². The van der Waals surface area contributed by atoms with Crippen molar-refractivity contribution >= 4 is 48.7 Å². The summed E-state index contributed by atoms with van der Waals surface area (Å²) in [4.78, 5) is 13.0. The molecule has 0 aliphatic carbocycles. The summed E-state index contributed by atoms with van der Waals surface area (Å²) >= 11 is 1.11. The zero-order valence-corrected chi connectivity index (χ0v) is 19.3. The topological polar surface area (TPSA) is 113 Å². The highest BCUT2D eigenvalue weighted by Crippen LogP contribution is 2.29. The largest absolute Gasteiger partial charge is 0.325 e. The minimum atomic E-state index is -3.78. The summed E-state index contributed by atoms with van der Waals surface area (Å²) in [7, 11) is -7.52. The lowest BCUT2D eigenvalue weighted by Crippen LogP contribution is -2.42. The van der Waals surface area contributed by atoms with Gasteiger partial charge in [0.2, 0.25) is 5.91 Å². The molecule has 0 bridgehead atoms. The quantitative estimate of drug-likeness (QED) is 0.526. The third-order valence-electron chi connectivity index (χ3n) is 5.00. The number of hydrogen-bond donors (Lipinski definition) is 2. The number of nitrogens with zero attached hydrogens (tertiary/aromatic N) is 1. The number of sulfonamides is 2. The van der Waals surface area contributed by atoms with Crippen molar-refractivity contribution in [2.75, 3.05) is 16.6 Å². The average molecular weight is 492 g/mol. The van der Waals surface area contributed by atoms with Crippen LogP contribution in [0.2, 0.25) is 0 Å². The lowest BCUT2D eigenvalue weighted by atomic mass is 10.2. The predicted molar refractivity (Wildman–Crippen MR) is 124 cm³/mol. The van der Waals surface area contributed by atoms with E-state index in [1.165, 1.54) is 28.6 Å². The molecule has 1 aliphatic heterocycles. The maximum absolute atomic E-state index is 12.9. The number of carbonyl (C=O) groups is 1. The zero-order valence-electron chi connectivity index (χ0n) is 16.8. The summed E-state index contributed by atoms with van der Waals surface area (Å²) in [5.41, 5.74) is 0.643. The summed E-state index contributed by atoms with van der Waals surface area (Å²) in [6.07, 6.45) is 0.996. The highest BCUT2D eigenvalue weighted by Gasteiger charge is 2.39. The summed E-state index contributed by atoms with van der Waals surface area (Å²) < 4.78 is 54.8. The molecule has 1 amide bonds. The van der Waals surface area contributed by atoms with Crippen molar-refractivity contribution in [1.82, 2.24) is 4.31 Å². The van der Waals surface area contributed by atoms with Crippen molar-refractivity contribution in [3.63, 3.8) is 0 Å². The van der Waals surface area contributed by atoms with Crippen molar-refractivity contribution in [2.45, 2.75) is 28.0 Å². The van der Waals surface area contributed by atoms with Crippen LogP contribution < -0.4 is 10.0 Å². The van der Waals surface area contributed by atoms with Crippen LogP contribution in [-0.4, -0.2) is 39.6 Å². The first-order valence-corrected chi connectivity index (χ1v) is 13.6. The number of amides is 1. The Hall–Kier alpha value is -2.73. The van der Waals surface area contributed by atoms with E-state index in [1.807, 2.05) is 0 Å². The van der Waals surface area contributed by atoms with E-state index in [0.29, 0.717) is 18.5 Å². The number of nitrogens with one attached hydrogen (secondary N) is 2. The van der Waals surface area contributed by atoms with Gasteiger partial charge in [-0.2, -0.15) is 4.31 Å². The van der Waals surface area contributed by atoms with E-state index in [1.54, 1.807) is 47.8 Å². The molecule has 1 aliphatic rings. The Balaban J connectivity index is 1.49. The maximum atomic E-state index is 12.9. The van der Waals surface area contributed by atoms with E-state index in [2.05, 4.69) is 10.0 Å². The van der Waals surface area contributed by atoms with Gasteiger partial charge in [-0.05, 0) is 54.6 Å². The molecule has 1 atom stereocenters. The maximum Gasteiger partial charge on any atom is 0.261 e. The van der Waals surface area contributed by atoms with E-state index in [-0.39, 0.29) is 21.3 Å². The smallest absolute Gasteiger partial charge is 0.261 e. The number of thiophene rings is 1. The third-order valence-corrected chi connectivity index (χ3v) is 9.68. The summed E-state index contributed by atoms with van der Waals surface area (Å²) in [5.74, 6) is -0.453. The minimum Gasteiger partial charge on any atom is -0.325 e. The van der Waals surface area contributed by atoms with Gasteiger partial charge in [-0.15, -0.1) is 11.3 Å². The Morgan fingerprint density at radius 3 is 2.41 bits per heavy atom. The van der Waals surface area contributed by atoms with Gasteiger partial charge in [-0.3, -0.25) is 9.52 Å². The number of rotatable bonds is 7. The Bertz CT molecular complexity index is 1310. The van der Waals surface area contributed by atoms with Crippen molar-refractivity contribution < 1.29 is 21.6 Å². The fourth-order valence-corrected chi connectivity index (χ4v) is 7.36. The number of anilines is 2. The van der Waals surface area contributed by atoms with Crippen LogP contribution in [0.1, 0.15) is 12.8 Å². The fourth-order valence-electron chi connectivity index (χ4n) is 3.52. The monoisotopic (exact) mass is 491 g/mol. The first-order valence-electron chi connectivity index (χ1n) is 9.81. The van der Waals surface area contributed by atoms with E-state index >= 15 is 0 Å². The van der Waals surface area contributed by atoms with E-state index in [4.69, 9.17) is 0 Å². The summed E-state index contributed by atoms with van der Waals surface area (Å²) in [6.45, 7) is 0.273. The molecule has 1 unspecified atom stereocenters. The minimum absolute atomic E-state index is 0.120. The van der Waals surface area contributed by atoms with Crippen LogP contribution in [0.15, 0.2) is 81.2 Å². The fraction of sp³-hybridized carbons (Fsp3) is 0.190. The average Bonchev–Trinajstić information content (AvgIpc) is 3.47. The molecule has 168 valence electrons. The number of carbonyl (C=O) groups excluding carboxylic acids is 1. The first-order chi connectivity index (χ1) is 15.3. The van der Waals surface area contributed by atoms with E-state index < -0.39 is 32.0 Å². The molecular weight excluding hydrogens is 470 g/mol. The molecule has 0 saturated carbocycles. The lowest BCUT2D eigenvalue weighted by molar-refractivity contribution is -0.119. The molecule has 2 heterocycles. The molecule has 0 spiro atoms. The predicted octanol–water partition coefficient (Wildman–Crippen LogP) is 3.34. The molecule has 3 aromatic rings. The molecule has 2 aromatic carbocycles. The molecule has 11 heteroatoms. The van der Waals surface area contributed by atoms with Gasteiger partial charge < -0.3 is 5.32 Å². The third kappa shape index (κ3) is 4.70. The van der Waals surface area contributed by atoms with Crippen LogP contribution >= 0.6 is 11.3 Å². The van der Waals surface area contributed by atoms with Gasteiger partial charge in [0.25, 0.3) is 20.0 Å². The van der Waals surface area contributed by atoms with E-state index in [0.717, 1.165) is 11.3 Å². The van der Waals surface area contributed by atoms with Gasteiger partial charge in [0, 0.05) is 12.2 Å². The van der Waals surface area contributed by atoms with Gasteiger partial charge in [-0.25, -0.2) is 16.8 Å². The van der Waals surface area contributed by atoms with Gasteiger partial charge >= 0.3 is 0 Å². The summed E-state index contributed by atoms with van der Waals surface area (Å²) in [6, 6.07) is 16.6. The Morgan fingerprint density at radius 2 is 1.69 bits per heavy atom. The molecule has 1 saturated heterocycles. The Labute approximate surface area is 191 Å². The second-order valence-electron chi connectivity index (χ2n) is 7.19. The van der Waals surface area contributed by atoms with Crippen LogP contribution in [0.5, 0.6) is 0 Å². The SMILES string of the molecule is O=C(Nc1cccc(NS(=O)(=O)c2ccccc2)c1)C1CCCN1S(=O)(=O)c1cccs1. The molecule has 0 radical (unpaired) electrons. The number of hydrogen-bond acceptors (Lipinski definition) is 6. The zero-order chi connectivity index (χ0) is 22.8. The molecule has 2 N–H and O–H groups in total. The Kier molecular flexibility index (Phi) is 6.33. The second-order valence-corrected chi connectivity index (χ2v) is 11.9. The van der Waals surface area contributed by atoms with Crippen LogP contribution in [-0.2, 0) is 24.8 Å². The summed E-state index contributed by atoms with van der Waals surface area (Å²) in [5, 5.41) is 4.40. The van der Waals surface area contributed by atoms with Crippen molar-refractivity contribution in [2.24, 2.45) is 0 Å². The Morgan fingerprint density at radius 1 is 0.938 bits per heavy atom. The molecule has 4 rings (SSSR count). The van der Waals surface area contributed by atoms with Crippen molar-refractivity contribution in [1.29, 1.82) is 0 Å². The van der Waals surface area contributed by atoms with Gasteiger partial charge in [0.15, 0.2) is 0 Å². The standard InChI is InChI=1S/C21H21N3O5S3/c25-21(19-11-5-13-24(19)32(28,29)20-12-6-14-30-20)22-16-7-4-8-17(15-16)23-31(26,27)18-9-2-1-3-10-18/h1-4,6-10,12,14-15,19,23H,5,11,13H2,(H,22,25). The van der Waals surface area contributed by atoms with E-state index in [9.17, 15) is 21.6 Å². The normalized spacial score (nSPS) is 17.2. The van der Waals surface area contributed by atoms with Crippen molar-refractivity contribution in [3.05, 3.63) is 72.1 Å². The molecular formula is C21H21N3O5S3. The molecule has 1 fully saturated rings. The molecule has 32 heavy (non-hydrogen) atoms. The van der Waals surface area contributed by atoms with Gasteiger partial charge in [-0.1, -0.05) is 30.3 Å². The lowest BCUT2D eigenvalue weighted by Gasteiger charge is -2.22. The highest BCUT2D eigenvalue weighted by molar-refractivity contribution is 7.92. The van der Waals surface area contributed by atoms with Gasteiger partial charge in [0.05, 0.1) is 10.6 Å². The first kappa shape index (κ1) is 22.5. The van der Waals surface area contributed by atoms with Crippen LogP contribution in [0, 0.1) is 0 Å². The number of benzene rings is 2. The highest BCUT2D eigenvalue weighted by atomic mass is 32.2.